The summed E-state index contributed by atoms with van der Waals surface area (Å²) in [4.78, 5) is 4.28. The number of rotatable bonds is 3. The van der Waals surface area contributed by atoms with Crippen LogP contribution in [0, 0.1) is 0 Å². The number of fused-ring (bicyclic) bond motifs is 1. The molecule has 0 aliphatic carbocycles. The topological polar surface area (TPSA) is 42.4 Å². The Bertz CT molecular complexity index is 697. The number of halogens is 1. The van der Waals surface area contributed by atoms with Crippen LogP contribution < -0.4 is 0 Å². The fraction of sp³-hybridized carbons (Fsp3) is 0.235. The summed E-state index contributed by atoms with van der Waals surface area (Å²) in [6, 6.07) is 7.61. The highest BCUT2D eigenvalue weighted by Crippen LogP contribution is 2.47. The van der Waals surface area contributed by atoms with Gasteiger partial charge in [-0.25, -0.2) is 0 Å². The fourth-order valence-electron chi connectivity index (χ4n) is 2.93. The molecule has 0 amide bonds. The van der Waals surface area contributed by atoms with Crippen LogP contribution in [0.5, 0.6) is 5.75 Å². The first-order chi connectivity index (χ1) is 10.1. The van der Waals surface area contributed by atoms with Crippen LogP contribution in [-0.2, 0) is 16.9 Å². The van der Waals surface area contributed by atoms with Crippen LogP contribution in [-0.4, -0.2) is 10.1 Å². The van der Waals surface area contributed by atoms with E-state index in [-0.39, 0.29) is 5.75 Å². The Balaban J connectivity index is 2.18. The number of hydrogen-bond acceptors (Lipinski definition) is 3. The van der Waals surface area contributed by atoms with Crippen molar-refractivity contribution in [2.45, 2.75) is 25.6 Å². The van der Waals surface area contributed by atoms with E-state index in [0.717, 1.165) is 23.1 Å². The zero-order valence-electron chi connectivity index (χ0n) is 11.8. The molecule has 1 aromatic carbocycles. The van der Waals surface area contributed by atoms with Gasteiger partial charge >= 0.3 is 0 Å². The molecule has 108 valence electrons. The highest BCUT2D eigenvalue weighted by Gasteiger charge is 2.42. The summed E-state index contributed by atoms with van der Waals surface area (Å²) in [5, 5.41) is 11.0. The Morgan fingerprint density at radius 1 is 1.43 bits per heavy atom. The lowest BCUT2D eigenvalue weighted by Gasteiger charge is -2.29. The molecule has 1 aliphatic heterocycles. The largest absolute Gasteiger partial charge is 0.505 e. The molecule has 0 radical (unpaired) electrons. The van der Waals surface area contributed by atoms with E-state index in [1.165, 1.54) is 0 Å². The Labute approximate surface area is 128 Å². The summed E-state index contributed by atoms with van der Waals surface area (Å²) in [5.41, 5.74) is 2.62. The first kappa shape index (κ1) is 14.1. The number of nitrogens with zero attached hydrogens (tertiary/aromatic N) is 1. The van der Waals surface area contributed by atoms with E-state index in [4.69, 9.17) is 16.3 Å². The van der Waals surface area contributed by atoms with Crippen molar-refractivity contribution in [2.75, 3.05) is 0 Å². The third-order valence-corrected chi connectivity index (χ3v) is 4.34. The van der Waals surface area contributed by atoms with Crippen molar-refractivity contribution in [3.63, 3.8) is 0 Å². The predicted molar refractivity (Wildman–Crippen MR) is 83.3 cm³/mol. The van der Waals surface area contributed by atoms with Gasteiger partial charge in [-0.2, -0.15) is 0 Å². The van der Waals surface area contributed by atoms with Crippen LogP contribution in [0.1, 0.15) is 35.7 Å². The lowest BCUT2D eigenvalue weighted by molar-refractivity contribution is -0.00835. The average Bonchev–Trinajstić information content (AvgIpc) is 2.89. The normalized spacial score (nSPS) is 20.3. The van der Waals surface area contributed by atoms with Crippen LogP contribution in [0.3, 0.4) is 0 Å². The quantitative estimate of drug-likeness (QED) is 0.920. The molecule has 1 aliphatic rings. The Kier molecular flexibility index (Phi) is 3.47. The first-order valence-corrected chi connectivity index (χ1v) is 7.24. The van der Waals surface area contributed by atoms with Gasteiger partial charge in [0.1, 0.15) is 17.0 Å². The van der Waals surface area contributed by atoms with E-state index < -0.39 is 5.60 Å². The molecule has 0 bridgehead atoms. The number of aromatic hydroxyl groups is 1. The van der Waals surface area contributed by atoms with Gasteiger partial charge in [-0.05, 0) is 30.2 Å². The summed E-state index contributed by atoms with van der Waals surface area (Å²) in [5.74, 6) is 0.159. The standard InChI is InChI=1S/C17H16ClNO2/c1-3-15-16(20)13-10-21-17(4-2,14(13)9-19-15)11-5-7-12(18)8-6-11/h3,5-9,20H,1,4,10H2,2H3. The minimum atomic E-state index is -0.579. The molecule has 2 heterocycles. The summed E-state index contributed by atoms with van der Waals surface area (Å²) in [6.07, 6.45) is 4.07. The third-order valence-electron chi connectivity index (χ3n) is 4.09. The van der Waals surface area contributed by atoms with Crippen LogP contribution >= 0.6 is 11.6 Å². The number of hydrogen-bond donors (Lipinski definition) is 1. The van der Waals surface area contributed by atoms with E-state index in [1.54, 1.807) is 12.3 Å². The van der Waals surface area contributed by atoms with Crippen molar-refractivity contribution in [3.05, 3.63) is 64.4 Å². The Morgan fingerprint density at radius 3 is 2.76 bits per heavy atom. The highest BCUT2D eigenvalue weighted by molar-refractivity contribution is 6.30. The zero-order chi connectivity index (χ0) is 15.0. The number of ether oxygens (including phenoxy) is 1. The maximum Gasteiger partial charge on any atom is 0.147 e. The van der Waals surface area contributed by atoms with Gasteiger partial charge in [0.15, 0.2) is 0 Å². The van der Waals surface area contributed by atoms with Gasteiger partial charge in [-0.3, -0.25) is 4.98 Å². The minimum absolute atomic E-state index is 0.159. The van der Waals surface area contributed by atoms with Gasteiger partial charge in [0.25, 0.3) is 0 Å². The predicted octanol–water partition coefficient (Wildman–Crippen LogP) is 4.27. The van der Waals surface area contributed by atoms with E-state index in [2.05, 4.69) is 18.5 Å². The molecule has 1 unspecified atom stereocenters. The molecule has 1 atom stereocenters. The van der Waals surface area contributed by atoms with Gasteiger partial charge in [0, 0.05) is 22.3 Å². The SMILES string of the molecule is C=Cc1ncc2c(c1O)COC2(CC)c1ccc(Cl)cc1. The number of aromatic nitrogens is 1. The molecule has 3 nitrogen and oxygen atoms in total. The Morgan fingerprint density at radius 2 is 2.14 bits per heavy atom. The minimum Gasteiger partial charge on any atom is -0.505 e. The van der Waals surface area contributed by atoms with Crippen LogP contribution in [0.25, 0.3) is 6.08 Å². The van der Waals surface area contributed by atoms with Crippen molar-refractivity contribution < 1.29 is 9.84 Å². The second-order valence-electron chi connectivity index (χ2n) is 5.06. The average molecular weight is 302 g/mol. The molecular formula is C17H16ClNO2. The highest BCUT2D eigenvalue weighted by atomic mass is 35.5. The van der Waals surface area contributed by atoms with Crippen LogP contribution in [0.15, 0.2) is 37.0 Å². The fourth-order valence-corrected chi connectivity index (χ4v) is 3.05. The molecule has 21 heavy (non-hydrogen) atoms. The van der Waals surface area contributed by atoms with Gasteiger partial charge in [-0.1, -0.05) is 37.2 Å². The van der Waals surface area contributed by atoms with Crippen molar-refractivity contribution in [3.8, 4) is 5.75 Å². The summed E-state index contributed by atoms with van der Waals surface area (Å²) in [6.45, 7) is 6.08. The maximum atomic E-state index is 10.3. The van der Waals surface area contributed by atoms with Gasteiger partial charge in [0.2, 0.25) is 0 Å². The van der Waals surface area contributed by atoms with Crippen molar-refractivity contribution in [2.24, 2.45) is 0 Å². The monoisotopic (exact) mass is 301 g/mol. The lowest BCUT2D eigenvalue weighted by atomic mass is 9.84. The summed E-state index contributed by atoms with van der Waals surface area (Å²) in [7, 11) is 0. The third kappa shape index (κ3) is 2.04. The molecular weight excluding hydrogens is 286 g/mol. The molecule has 0 fully saturated rings. The van der Waals surface area contributed by atoms with Gasteiger partial charge in [0.05, 0.1) is 6.61 Å². The molecule has 3 rings (SSSR count). The first-order valence-electron chi connectivity index (χ1n) is 6.86. The summed E-state index contributed by atoms with van der Waals surface area (Å²) < 4.78 is 6.09. The molecule has 0 saturated carbocycles. The second-order valence-corrected chi connectivity index (χ2v) is 5.50. The van der Waals surface area contributed by atoms with Gasteiger partial charge in [-0.15, -0.1) is 0 Å². The zero-order valence-corrected chi connectivity index (χ0v) is 12.5. The van der Waals surface area contributed by atoms with Crippen molar-refractivity contribution in [1.82, 2.24) is 4.98 Å². The molecule has 2 aromatic rings. The molecule has 4 heteroatoms. The van der Waals surface area contributed by atoms with Gasteiger partial charge < -0.3 is 9.84 Å². The molecule has 1 N–H and O–H groups in total. The number of benzene rings is 1. The van der Waals surface area contributed by atoms with E-state index >= 15 is 0 Å². The molecule has 0 spiro atoms. The number of pyridine rings is 1. The van der Waals surface area contributed by atoms with Crippen LogP contribution in [0.4, 0.5) is 0 Å². The lowest BCUT2D eigenvalue weighted by Crippen LogP contribution is -2.26. The molecule has 0 saturated heterocycles. The Hall–Kier alpha value is -1.84. The van der Waals surface area contributed by atoms with E-state index in [9.17, 15) is 5.11 Å². The summed E-state index contributed by atoms with van der Waals surface area (Å²) >= 11 is 5.97. The van der Waals surface area contributed by atoms with Crippen LogP contribution in [0.2, 0.25) is 5.02 Å². The maximum absolute atomic E-state index is 10.3. The second kappa shape index (κ2) is 5.17. The molecule has 1 aromatic heterocycles. The van der Waals surface area contributed by atoms with E-state index in [0.29, 0.717) is 17.3 Å². The van der Waals surface area contributed by atoms with Crippen molar-refractivity contribution in [1.29, 1.82) is 0 Å². The van der Waals surface area contributed by atoms with Crippen molar-refractivity contribution >= 4 is 17.7 Å². The smallest absolute Gasteiger partial charge is 0.147 e. The van der Waals surface area contributed by atoms with E-state index in [1.807, 2.05) is 24.3 Å².